The predicted molar refractivity (Wildman–Crippen MR) is 57.0 cm³/mol. The number of pyridine rings is 1. The Balaban J connectivity index is 2.69. The molecular formula is C11H17N2O2+. The van der Waals surface area contributed by atoms with Gasteiger partial charge in [0.1, 0.15) is 13.3 Å². The molecule has 0 fully saturated rings. The molecule has 0 atom stereocenters. The number of hydrogen-bond donors (Lipinski definition) is 2. The zero-order chi connectivity index (χ0) is 11.1. The Bertz CT molecular complexity index is 337. The Kier molecular flexibility index (Phi) is 4.77. The molecule has 0 amide bonds. The van der Waals surface area contributed by atoms with Crippen molar-refractivity contribution in [1.82, 2.24) is 0 Å². The number of aliphatic hydroxyl groups excluding tert-OH is 1. The van der Waals surface area contributed by atoms with E-state index in [2.05, 4.69) is 5.16 Å². The molecule has 82 valence electrons. The maximum Gasteiger partial charge on any atom is 0.227 e. The van der Waals surface area contributed by atoms with Gasteiger partial charge in [-0.25, -0.2) is 4.57 Å². The molecular weight excluding hydrogens is 192 g/mol. The molecule has 1 rings (SSSR count). The largest absolute Gasteiger partial charge is 0.411 e. The first-order valence-corrected chi connectivity index (χ1v) is 5.05. The second-order valence-corrected chi connectivity index (χ2v) is 3.50. The molecule has 0 aliphatic rings. The van der Waals surface area contributed by atoms with Crippen molar-refractivity contribution >= 4 is 6.21 Å². The molecule has 15 heavy (non-hydrogen) atoms. The molecule has 0 saturated carbocycles. The van der Waals surface area contributed by atoms with Gasteiger partial charge in [-0.05, 0) is 24.8 Å². The summed E-state index contributed by atoms with van der Waals surface area (Å²) in [7, 11) is 1.90. The third-order valence-corrected chi connectivity index (χ3v) is 2.32. The van der Waals surface area contributed by atoms with Crippen LogP contribution in [0.5, 0.6) is 0 Å². The SMILES string of the molecule is C[n+]1ccc(CCCCO)cc1/C=N/O. The summed E-state index contributed by atoms with van der Waals surface area (Å²) in [5.74, 6) is 0. The van der Waals surface area contributed by atoms with Gasteiger partial charge in [0.25, 0.3) is 0 Å². The van der Waals surface area contributed by atoms with Gasteiger partial charge in [0.2, 0.25) is 5.69 Å². The molecule has 1 aromatic heterocycles. The van der Waals surface area contributed by atoms with Crippen molar-refractivity contribution in [3.8, 4) is 0 Å². The summed E-state index contributed by atoms with van der Waals surface area (Å²) in [6.07, 6.45) is 6.08. The van der Waals surface area contributed by atoms with Crippen LogP contribution in [0.3, 0.4) is 0 Å². The van der Waals surface area contributed by atoms with Gasteiger partial charge in [0.15, 0.2) is 6.20 Å². The van der Waals surface area contributed by atoms with Gasteiger partial charge in [-0.2, -0.15) is 0 Å². The minimum atomic E-state index is 0.242. The summed E-state index contributed by atoms with van der Waals surface area (Å²) < 4.78 is 1.88. The number of aliphatic hydroxyl groups is 1. The van der Waals surface area contributed by atoms with E-state index in [1.807, 2.05) is 29.9 Å². The Morgan fingerprint density at radius 3 is 2.93 bits per heavy atom. The summed E-state index contributed by atoms with van der Waals surface area (Å²) in [6, 6.07) is 4.02. The molecule has 1 aromatic rings. The summed E-state index contributed by atoms with van der Waals surface area (Å²) >= 11 is 0. The van der Waals surface area contributed by atoms with Crippen LogP contribution in [0, 0.1) is 0 Å². The van der Waals surface area contributed by atoms with Crippen LogP contribution in [-0.4, -0.2) is 23.1 Å². The highest BCUT2D eigenvalue weighted by molar-refractivity contribution is 5.74. The third-order valence-electron chi connectivity index (χ3n) is 2.32. The van der Waals surface area contributed by atoms with Crippen molar-refractivity contribution in [2.45, 2.75) is 19.3 Å². The lowest BCUT2D eigenvalue weighted by atomic mass is 10.1. The average Bonchev–Trinajstić information content (AvgIpc) is 2.23. The Morgan fingerprint density at radius 1 is 1.47 bits per heavy atom. The van der Waals surface area contributed by atoms with Crippen molar-refractivity contribution in [1.29, 1.82) is 0 Å². The number of aromatic nitrogens is 1. The van der Waals surface area contributed by atoms with Crippen LogP contribution >= 0.6 is 0 Å². The Hall–Kier alpha value is -1.42. The monoisotopic (exact) mass is 209 g/mol. The molecule has 0 radical (unpaired) electrons. The van der Waals surface area contributed by atoms with Crippen LogP contribution in [0.2, 0.25) is 0 Å². The van der Waals surface area contributed by atoms with Gasteiger partial charge in [0, 0.05) is 18.7 Å². The van der Waals surface area contributed by atoms with E-state index in [9.17, 15) is 0 Å². The normalized spacial score (nSPS) is 11.1. The summed E-state index contributed by atoms with van der Waals surface area (Å²) in [5.41, 5.74) is 2.05. The number of unbranched alkanes of at least 4 members (excludes halogenated alkanes) is 1. The van der Waals surface area contributed by atoms with E-state index in [0.29, 0.717) is 0 Å². The average molecular weight is 209 g/mol. The van der Waals surface area contributed by atoms with Crippen LogP contribution in [0.4, 0.5) is 0 Å². The summed E-state index contributed by atoms with van der Waals surface area (Å²) in [5, 5.41) is 20.2. The van der Waals surface area contributed by atoms with Gasteiger partial charge in [-0.3, -0.25) is 0 Å². The lowest BCUT2D eigenvalue weighted by molar-refractivity contribution is -0.672. The van der Waals surface area contributed by atoms with Gasteiger partial charge in [-0.1, -0.05) is 5.16 Å². The van der Waals surface area contributed by atoms with Gasteiger partial charge < -0.3 is 10.3 Å². The van der Waals surface area contributed by atoms with Gasteiger partial charge in [-0.15, -0.1) is 0 Å². The van der Waals surface area contributed by atoms with Crippen molar-refractivity contribution in [2.24, 2.45) is 12.2 Å². The second kappa shape index (κ2) is 6.14. The van der Waals surface area contributed by atoms with Gasteiger partial charge in [0.05, 0.1) is 0 Å². The minimum Gasteiger partial charge on any atom is -0.411 e. The highest BCUT2D eigenvalue weighted by atomic mass is 16.4. The van der Waals surface area contributed by atoms with Crippen LogP contribution in [0.25, 0.3) is 0 Å². The lowest BCUT2D eigenvalue weighted by Gasteiger charge is -2.00. The van der Waals surface area contributed by atoms with E-state index in [1.54, 1.807) is 0 Å². The maximum absolute atomic E-state index is 8.67. The smallest absolute Gasteiger partial charge is 0.227 e. The van der Waals surface area contributed by atoms with E-state index in [-0.39, 0.29) is 6.61 Å². The summed E-state index contributed by atoms with van der Waals surface area (Å²) in [6.45, 7) is 0.242. The fourth-order valence-corrected chi connectivity index (χ4v) is 1.42. The van der Waals surface area contributed by atoms with Crippen molar-refractivity contribution in [3.63, 3.8) is 0 Å². The molecule has 0 unspecified atom stereocenters. The fraction of sp³-hybridized carbons (Fsp3) is 0.455. The van der Waals surface area contributed by atoms with Crippen molar-refractivity contribution < 1.29 is 14.9 Å². The van der Waals surface area contributed by atoms with Crippen molar-refractivity contribution in [2.75, 3.05) is 6.61 Å². The number of aryl methyl sites for hydroxylation is 2. The van der Waals surface area contributed by atoms with E-state index >= 15 is 0 Å². The number of nitrogens with zero attached hydrogens (tertiary/aromatic N) is 2. The number of oxime groups is 1. The molecule has 4 nitrogen and oxygen atoms in total. The molecule has 0 spiro atoms. The zero-order valence-corrected chi connectivity index (χ0v) is 8.93. The number of hydrogen-bond acceptors (Lipinski definition) is 3. The summed E-state index contributed by atoms with van der Waals surface area (Å²) in [4.78, 5) is 0. The zero-order valence-electron chi connectivity index (χ0n) is 8.93. The number of rotatable bonds is 5. The lowest BCUT2D eigenvalue weighted by Crippen LogP contribution is -2.33. The molecule has 4 heteroatoms. The quantitative estimate of drug-likeness (QED) is 0.246. The minimum absolute atomic E-state index is 0.242. The molecule has 0 aliphatic heterocycles. The van der Waals surface area contributed by atoms with E-state index < -0.39 is 0 Å². The van der Waals surface area contributed by atoms with Crippen molar-refractivity contribution in [3.05, 3.63) is 29.6 Å². The molecule has 0 aliphatic carbocycles. The van der Waals surface area contributed by atoms with E-state index in [0.717, 1.165) is 25.0 Å². The molecule has 0 aromatic carbocycles. The Labute approximate surface area is 89.5 Å². The van der Waals surface area contributed by atoms with Crippen LogP contribution in [0.1, 0.15) is 24.1 Å². The maximum atomic E-state index is 8.67. The standard InChI is InChI=1S/C11H16N2O2/c1-13-6-5-10(4-2-3-7-14)8-11(13)9-12-15/h5-6,8-9,14H,2-4,7H2,1H3/p+1. The van der Waals surface area contributed by atoms with Crippen LogP contribution in [-0.2, 0) is 13.5 Å². The fourth-order valence-electron chi connectivity index (χ4n) is 1.42. The Morgan fingerprint density at radius 2 is 2.27 bits per heavy atom. The van der Waals surface area contributed by atoms with Crippen LogP contribution < -0.4 is 4.57 Å². The first kappa shape index (κ1) is 11.7. The van der Waals surface area contributed by atoms with Crippen LogP contribution in [0.15, 0.2) is 23.5 Å². The highest BCUT2D eigenvalue weighted by Gasteiger charge is 2.05. The first-order chi connectivity index (χ1) is 7.27. The second-order valence-electron chi connectivity index (χ2n) is 3.50. The molecule has 0 bridgehead atoms. The van der Waals surface area contributed by atoms with Gasteiger partial charge >= 0.3 is 0 Å². The highest BCUT2D eigenvalue weighted by Crippen LogP contribution is 2.04. The first-order valence-electron chi connectivity index (χ1n) is 5.05. The predicted octanol–water partition coefficient (Wildman–Crippen LogP) is 0.634. The van der Waals surface area contributed by atoms with E-state index in [1.165, 1.54) is 11.8 Å². The van der Waals surface area contributed by atoms with E-state index in [4.69, 9.17) is 10.3 Å². The topological polar surface area (TPSA) is 56.7 Å². The molecule has 2 N–H and O–H groups in total. The molecule has 1 heterocycles. The third kappa shape index (κ3) is 3.67. The molecule has 0 saturated heterocycles.